The molecule has 1 aromatic rings. The summed E-state index contributed by atoms with van der Waals surface area (Å²) in [6.07, 6.45) is 14.5. The van der Waals surface area contributed by atoms with E-state index < -0.39 is 5.60 Å². The maximum absolute atomic E-state index is 11.9. The van der Waals surface area contributed by atoms with Gasteiger partial charge in [0.2, 0.25) is 0 Å². The van der Waals surface area contributed by atoms with Gasteiger partial charge in [-0.15, -0.1) is 0 Å². The minimum Gasteiger partial charge on any atom is -0.463 e. The van der Waals surface area contributed by atoms with E-state index >= 15 is 0 Å². The summed E-state index contributed by atoms with van der Waals surface area (Å²) in [6, 6.07) is 10.4. The molecule has 174 valence electrons. The first-order valence-electron chi connectivity index (χ1n) is 12.9. The smallest absolute Gasteiger partial charge is 0.302 e. The quantitative estimate of drug-likeness (QED) is 0.557. The van der Waals surface area contributed by atoms with E-state index in [4.69, 9.17) is 4.74 Å². The molecule has 0 unspecified atom stereocenters. The molecule has 0 amide bonds. The second-order valence-electron chi connectivity index (χ2n) is 11.8. The Kier molecular flexibility index (Phi) is 5.55. The standard InChI is InChI=1S/C29H40O3/c1-20(30)32-23-12-15-27(2)22(19-23)9-10-24-25(27)13-16-28(3)26(24)14-18-29(28,31)17-11-21-7-5-4-6-8-21/h4-8,11,17,22-26,31H,9-10,12-16,18-19H2,1-3H3/b17-11+/t22-,23-,24-,25+,26+,27-,28+,29+/m1/s1. The molecule has 32 heavy (non-hydrogen) atoms. The van der Waals surface area contributed by atoms with Crippen LogP contribution in [0.3, 0.4) is 0 Å². The van der Waals surface area contributed by atoms with Crippen molar-refractivity contribution in [1.82, 2.24) is 0 Å². The average Bonchev–Trinajstić information content (AvgIpc) is 3.04. The molecule has 4 saturated carbocycles. The van der Waals surface area contributed by atoms with Crippen LogP contribution in [0.2, 0.25) is 0 Å². The summed E-state index contributed by atoms with van der Waals surface area (Å²) in [4.78, 5) is 11.5. The zero-order chi connectivity index (χ0) is 22.6. The molecule has 4 aliphatic carbocycles. The lowest BCUT2D eigenvalue weighted by Gasteiger charge is -2.61. The first-order valence-corrected chi connectivity index (χ1v) is 12.9. The van der Waals surface area contributed by atoms with Crippen LogP contribution in [0.5, 0.6) is 0 Å². The highest BCUT2D eigenvalue weighted by Crippen LogP contribution is 2.68. The molecule has 3 heteroatoms. The molecule has 4 fully saturated rings. The van der Waals surface area contributed by atoms with Crippen molar-refractivity contribution in [1.29, 1.82) is 0 Å². The minimum absolute atomic E-state index is 0.0302. The van der Waals surface area contributed by atoms with E-state index in [1.807, 2.05) is 6.07 Å². The zero-order valence-electron chi connectivity index (χ0n) is 20.1. The van der Waals surface area contributed by atoms with Gasteiger partial charge in [0.05, 0.1) is 5.60 Å². The summed E-state index contributed by atoms with van der Waals surface area (Å²) < 4.78 is 5.62. The Balaban J connectivity index is 1.35. The largest absolute Gasteiger partial charge is 0.463 e. The van der Waals surface area contributed by atoms with Crippen molar-refractivity contribution in [3.05, 3.63) is 42.0 Å². The highest BCUT2D eigenvalue weighted by atomic mass is 16.5. The molecule has 1 N–H and O–H groups in total. The van der Waals surface area contributed by atoms with Crippen molar-refractivity contribution in [2.24, 2.45) is 34.5 Å². The number of carbonyl (C=O) groups is 1. The van der Waals surface area contributed by atoms with Crippen LogP contribution in [0.1, 0.15) is 84.1 Å². The van der Waals surface area contributed by atoms with Gasteiger partial charge in [-0.2, -0.15) is 0 Å². The number of aliphatic hydroxyl groups is 1. The van der Waals surface area contributed by atoms with Gasteiger partial charge < -0.3 is 9.84 Å². The molecule has 8 atom stereocenters. The van der Waals surface area contributed by atoms with Gasteiger partial charge in [0.15, 0.2) is 0 Å². The molecule has 3 nitrogen and oxygen atoms in total. The molecule has 0 aromatic heterocycles. The van der Waals surface area contributed by atoms with Crippen LogP contribution in [-0.2, 0) is 9.53 Å². The molecule has 0 bridgehead atoms. The lowest BCUT2D eigenvalue weighted by Crippen LogP contribution is -2.56. The molecule has 0 aliphatic heterocycles. The van der Waals surface area contributed by atoms with Crippen molar-refractivity contribution in [2.75, 3.05) is 0 Å². The van der Waals surface area contributed by atoms with Crippen LogP contribution in [0.15, 0.2) is 36.4 Å². The number of ether oxygens (including phenoxy) is 1. The van der Waals surface area contributed by atoms with Gasteiger partial charge in [0.1, 0.15) is 6.10 Å². The molecule has 5 rings (SSSR count). The summed E-state index contributed by atoms with van der Waals surface area (Å²) in [6.45, 7) is 6.46. The molecule has 0 heterocycles. The number of hydrogen-bond acceptors (Lipinski definition) is 3. The van der Waals surface area contributed by atoms with Crippen LogP contribution in [0.25, 0.3) is 6.08 Å². The number of fused-ring (bicyclic) bond motifs is 5. The highest BCUT2D eigenvalue weighted by molar-refractivity contribution is 5.66. The predicted molar refractivity (Wildman–Crippen MR) is 128 cm³/mol. The van der Waals surface area contributed by atoms with Gasteiger partial charge in [-0.25, -0.2) is 0 Å². The minimum atomic E-state index is -0.705. The maximum Gasteiger partial charge on any atom is 0.302 e. The molecule has 0 spiro atoms. The summed E-state index contributed by atoms with van der Waals surface area (Å²) in [7, 11) is 0. The summed E-state index contributed by atoms with van der Waals surface area (Å²) >= 11 is 0. The van der Waals surface area contributed by atoms with Crippen molar-refractivity contribution >= 4 is 12.0 Å². The number of hydrogen-bond donors (Lipinski definition) is 1. The van der Waals surface area contributed by atoms with Crippen molar-refractivity contribution < 1.29 is 14.6 Å². The Morgan fingerprint density at radius 2 is 1.75 bits per heavy atom. The Morgan fingerprint density at radius 3 is 2.50 bits per heavy atom. The molecule has 0 radical (unpaired) electrons. The number of esters is 1. The van der Waals surface area contributed by atoms with E-state index in [9.17, 15) is 9.90 Å². The Morgan fingerprint density at radius 1 is 1.00 bits per heavy atom. The first kappa shape index (κ1) is 22.2. The van der Waals surface area contributed by atoms with E-state index in [2.05, 4.69) is 50.3 Å². The third-order valence-corrected chi connectivity index (χ3v) is 10.5. The first-order chi connectivity index (χ1) is 15.3. The Hall–Kier alpha value is -1.61. The second kappa shape index (κ2) is 8.01. The van der Waals surface area contributed by atoms with Gasteiger partial charge in [-0.05, 0) is 92.4 Å². The van der Waals surface area contributed by atoms with Crippen molar-refractivity contribution in [3.63, 3.8) is 0 Å². The third-order valence-electron chi connectivity index (χ3n) is 10.5. The summed E-state index contributed by atoms with van der Waals surface area (Å²) in [5, 5.41) is 11.9. The Bertz CT molecular complexity index is 878. The molecule has 4 aliphatic rings. The van der Waals surface area contributed by atoms with E-state index in [1.54, 1.807) is 6.92 Å². The van der Waals surface area contributed by atoms with Crippen LogP contribution in [-0.4, -0.2) is 22.8 Å². The Labute approximate surface area is 193 Å². The summed E-state index contributed by atoms with van der Waals surface area (Å²) in [5.74, 6) is 2.62. The molecular weight excluding hydrogens is 396 g/mol. The van der Waals surface area contributed by atoms with Gasteiger partial charge in [-0.3, -0.25) is 4.79 Å². The number of carbonyl (C=O) groups excluding carboxylic acids is 1. The SMILES string of the molecule is CC(=O)O[C@@H]1CC[C@]2(C)[C@H](CC[C@@H]3[C@@H]2CC[C@@]2(C)[C@H]3CC[C@@]2(O)/C=C/c2ccccc2)C1. The molecule has 1 aromatic carbocycles. The van der Waals surface area contributed by atoms with E-state index in [-0.39, 0.29) is 17.5 Å². The van der Waals surface area contributed by atoms with E-state index in [0.29, 0.717) is 17.3 Å². The second-order valence-corrected chi connectivity index (χ2v) is 11.8. The summed E-state index contributed by atoms with van der Waals surface area (Å²) in [5.41, 5.74) is 0.793. The van der Waals surface area contributed by atoms with Crippen molar-refractivity contribution in [2.45, 2.75) is 90.3 Å². The normalized spacial score (nSPS) is 45.7. The topological polar surface area (TPSA) is 46.5 Å². The molecule has 0 saturated heterocycles. The predicted octanol–water partition coefficient (Wildman–Crippen LogP) is 6.41. The lowest BCUT2D eigenvalue weighted by atomic mass is 9.44. The van der Waals surface area contributed by atoms with Gasteiger partial charge >= 0.3 is 5.97 Å². The lowest BCUT2D eigenvalue weighted by molar-refractivity contribution is -0.164. The van der Waals surface area contributed by atoms with Gasteiger partial charge in [0.25, 0.3) is 0 Å². The van der Waals surface area contributed by atoms with Gasteiger partial charge in [-0.1, -0.05) is 56.3 Å². The van der Waals surface area contributed by atoms with Crippen LogP contribution in [0.4, 0.5) is 0 Å². The number of benzene rings is 1. The maximum atomic E-state index is 11.9. The fourth-order valence-electron chi connectivity index (χ4n) is 8.68. The van der Waals surface area contributed by atoms with E-state index in [1.165, 1.54) is 31.2 Å². The third kappa shape index (κ3) is 3.47. The monoisotopic (exact) mass is 436 g/mol. The molecular formula is C29H40O3. The van der Waals surface area contributed by atoms with Crippen molar-refractivity contribution in [3.8, 4) is 0 Å². The van der Waals surface area contributed by atoms with Gasteiger partial charge in [0, 0.05) is 12.3 Å². The van der Waals surface area contributed by atoms with E-state index in [0.717, 1.165) is 43.9 Å². The van der Waals surface area contributed by atoms with Crippen LogP contribution >= 0.6 is 0 Å². The number of rotatable bonds is 3. The highest BCUT2D eigenvalue weighted by Gasteiger charge is 2.64. The fourth-order valence-corrected chi connectivity index (χ4v) is 8.68. The average molecular weight is 437 g/mol. The fraction of sp³-hybridized carbons (Fsp3) is 0.690. The zero-order valence-corrected chi connectivity index (χ0v) is 20.1. The van der Waals surface area contributed by atoms with Crippen LogP contribution in [0, 0.1) is 34.5 Å². The van der Waals surface area contributed by atoms with Crippen LogP contribution < -0.4 is 0 Å².